The minimum absolute atomic E-state index is 0.0451. The van der Waals surface area contributed by atoms with Gasteiger partial charge in [0.05, 0.1) is 10.8 Å². The summed E-state index contributed by atoms with van der Waals surface area (Å²) < 4.78 is 0. The minimum Gasteiger partial charge on any atom is -0.326 e. The van der Waals surface area contributed by atoms with E-state index in [1.165, 1.54) is 18.2 Å². The van der Waals surface area contributed by atoms with Gasteiger partial charge in [0.15, 0.2) is 5.78 Å². The molecule has 3 nitrogen and oxygen atoms in total. The average Bonchev–Trinajstić information content (AvgIpc) is 2.68. The van der Waals surface area contributed by atoms with E-state index in [4.69, 9.17) is 23.2 Å². The molecule has 1 amide bonds. The summed E-state index contributed by atoms with van der Waals surface area (Å²) in [4.78, 5) is 25.6. The van der Waals surface area contributed by atoms with E-state index in [1.807, 2.05) is 24.3 Å². The van der Waals surface area contributed by atoms with Crippen LogP contribution in [0.1, 0.15) is 42.5 Å². The molecule has 0 aromatic heterocycles. The van der Waals surface area contributed by atoms with Gasteiger partial charge in [-0.25, -0.2) is 0 Å². The van der Waals surface area contributed by atoms with Gasteiger partial charge >= 0.3 is 0 Å². The molecular weight excluding hydrogens is 401 g/mol. The maximum Gasteiger partial charge on any atom is 0.227 e. The average molecular weight is 422 g/mol. The van der Waals surface area contributed by atoms with Crippen LogP contribution in [0.3, 0.4) is 0 Å². The Morgan fingerprint density at radius 3 is 2.37 bits per heavy atom. The summed E-state index contributed by atoms with van der Waals surface area (Å²) in [5.41, 5.74) is 1.27. The molecule has 0 bridgehead atoms. The zero-order chi connectivity index (χ0) is 19.2. The molecule has 0 aliphatic heterocycles. The fraction of sp³-hybridized carbons (Fsp3) is 0.333. The van der Waals surface area contributed by atoms with Crippen molar-refractivity contribution in [2.24, 2.45) is 5.92 Å². The van der Waals surface area contributed by atoms with Crippen LogP contribution < -0.4 is 5.32 Å². The normalized spacial score (nSPS) is 14.7. The molecule has 1 saturated carbocycles. The highest BCUT2D eigenvalue weighted by Crippen LogP contribution is 2.27. The van der Waals surface area contributed by atoms with E-state index >= 15 is 0 Å². The molecule has 0 atom stereocenters. The molecule has 2 aromatic rings. The molecule has 27 heavy (non-hydrogen) atoms. The zero-order valence-electron chi connectivity index (χ0n) is 14.8. The number of Topliss-reactive ketones (excluding diaryl/α,β-unsaturated/α-hetero) is 1. The Balaban J connectivity index is 1.52. The van der Waals surface area contributed by atoms with Crippen LogP contribution in [0.25, 0.3) is 0 Å². The van der Waals surface area contributed by atoms with Crippen molar-refractivity contribution in [3.05, 3.63) is 58.1 Å². The van der Waals surface area contributed by atoms with Crippen LogP contribution in [-0.4, -0.2) is 17.4 Å². The number of anilines is 1. The first-order valence-corrected chi connectivity index (χ1v) is 10.8. The van der Waals surface area contributed by atoms with Crippen molar-refractivity contribution in [1.29, 1.82) is 0 Å². The fourth-order valence-electron chi connectivity index (χ4n) is 3.19. The predicted octanol–water partition coefficient (Wildman–Crippen LogP) is 6.49. The number of hydrogen-bond acceptors (Lipinski definition) is 3. The fourth-order valence-corrected chi connectivity index (χ4v) is 4.48. The molecule has 1 aliphatic carbocycles. The highest BCUT2D eigenvalue weighted by atomic mass is 35.5. The SMILES string of the molecule is O=C(CSc1ccc(NC(=O)C2CCCCC2)cc1)c1ccc(Cl)cc1Cl. The lowest BCUT2D eigenvalue weighted by Gasteiger charge is -2.20. The molecule has 0 unspecified atom stereocenters. The molecule has 2 aromatic carbocycles. The maximum atomic E-state index is 12.3. The lowest BCUT2D eigenvalue weighted by atomic mass is 9.88. The molecule has 1 aliphatic rings. The van der Waals surface area contributed by atoms with Gasteiger partial charge in [-0.2, -0.15) is 0 Å². The monoisotopic (exact) mass is 421 g/mol. The van der Waals surface area contributed by atoms with E-state index in [0.717, 1.165) is 36.3 Å². The van der Waals surface area contributed by atoms with Crippen LogP contribution in [0.5, 0.6) is 0 Å². The van der Waals surface area contributed by atoms with Gasteiger partial charge in [-0.15, -0.1) is 11.8 Å². The highest BCUT2D eigenvalue weighted by molar-refractivity contribution is 8.00. The van der Waals surface area contributed by atoms with Gasteiger partial charge in [0.2, 0.25) is 5.91 Å². The predicted molar refractivity (Wildman–Crippen MR) is 113 cm³/mol. The number of ketones is 1. The van der Waals surface area contributed by atoms with Gasteiger partial charge in [-0.3, -0.25) is 9.59 Å². The van der Waals surface area contributed by atoms with Gasteiger partial charge in [-0.1, -0.05) is 42.5 Å². The number of amides is 1. The summed E-state index contributed by atoms with van der Waals surface area (Å²) in [7, 11) is 0. The Morgan fingerprint density at radius 2 is 1.70 bits per heavy atom. The van der Waals surface area contributed by atoms with Gasteiger partial charge in [0, 0.05) is 27.1 Å². The largest absolute Gasteiger partial charge is 0.326 e. The number of hydrogen-bond donors (Lipinski definition) is 1. The number of rotatable bonds is 6. The lowest BCUT2D eigenvalue weighted by Crippen LogP contribution is -2.24. The van der Waals surface area contributed by atoms with Gasteiger partial charge in [0.25, 0.3) is 0 Å². The first-order valence-electron chi connectivity index (χ1n) is 9.05. The molecule has 142 valence electrons. The summed E-state index contributed by atoms with van der Waals surface area (Å²) in [6.07, 6.45) is 5.47. The topological polar surface area (TPSA) is 46.2 Å². The van der Waals surface area contributed by atoms with Gasteiger partial charge in [0.1, 0.15) is 0 Å². The number of nitrogens with one attached hydrogen (secondary N) is 1. The van der Waals surface area contributed by atoms with Crippen molar-refractivity contribution in [3.8, 4) is 0 Å². The summed E-state index contributed by atoms with van der Waals surface area (Å²) >= 11 is 13.4. The van der Waals surface area contributed by atoms with Crippen molar-refractivity contribution >= 4 is 52.3 Å². The van der Waals surface area contributed by atoms with E-state index in [2.05, 4.69) is 5.32 Å². The number of carbonyl (C=O) groups excluding carboxylic acids is 2. The van der Waals surface area contributed by atoms with Crippen molar-refractivity contribution in [3.63, 3.8) is 0 Å². The Bertz CT molecular complexity index is 817. The molecule has 6 heteroatoms. The third-order valence-electron chi connectivity index (χ3n) is 4.70. The third kappa shape index (κ3) is 5.74. The number of carbonyl (C=O) groups is 2. The molecule has 0 spiro atoms. The van der Waals surface area contributed by atoms with Crippen LogP contribution in [0.4, 0.5) is 5.69 Å². The Morgan fingerprint density at radius 1 is 1.00 bits per heavy atom. The minimum atomic E-state index is -0.0451. The molecular formula is C21H21Cl2NO2S. The van der Waals surface area contributed by atoms with Crippen LogP contribution in [0.15, 0.2) is 47.4 Å². The van der Waals surface area contributed by atoms with Crippen LogP contribution >= 0.6 is 35.0 Å². The first kappa shape index (κ1) is 20.2. The summed E-state index contributed by atoms with van der Waals surface area (Å²) in [6, 6.07) is 12.5. The first-order chi connectivity index (χ1) is 13.0. The van der Waals surface area contributed by atoms with Gasteiger partial charge < -0.3 is 5.32 Å². The Labute approximate surface area is 173 Å². The highest BCUT2D eigenvalue weighted by Gasteiger charge is 2.21. The second-order valence-corrected chi connectivity index (χ2v) is 8.58. The second kappa shape index (κ2) is 9.63. The van der Waals surface area contributed by atoms with Gasteiger partial charge in [-0.05, 0) is 55.3 Å². The Hall–Kier alpha value is -1.49. The lowest BCUT2D eigenvalue weighted by molar-refractivity contribution is -0.120. The summed E-state index contributed by atoms with van der Waals surface area (Å²) in [5.74, 6) is 0.489. The Kier molecular flexibility index (Phi) is 7.22. The smallest absolute Gasteiger partial charge is 0.227 e. The van der Waals surface area contributed by atoms with Crippen molar-refractivity contribution in [1.82, 2.24) is 0 Å². The molecule has 3 rings (SSSR count). The molecule has 0 saturated heterocycles. The summed E-state index contributed by atoms with van der Waals surface area (Å²) in [6.45, 7) is 0. The van der Waals surface area contributed by atoms with E-state index in [1.54, 1.807) is 18.2 Å². The number of halogens is 2. The quantitative estimate of drug-likeness (QED) is 0.428. The maximum absolute atomic E-state index is 12.3. The van der Waals surface area contributed by atoms with Crippen molar-refractivity contribution < 1.29 is 9.59 Å². The number of benzene rings is 2. The zero-order valence-corrected chi connectivity index (χ0v) is 17.2. The molecule has 0 radical (unpaired) electrons. The van der Waals surface area contributed by atoms with E-state index in [-0.39, 0.29) is 23.4 Å². The molecule has 0 heterocycles. The standard InChI is InChI=1S/C21H21Cl2NO2S/c22-15-6-11-18(19(23)12-15)20(25)13-27-17-9-7-16(8-10-17)24-21(26)14-4-2-1-3-5-14/h6-12,14H,1-5,13H2,(H,24,26). The van der Waals surface area contributed by atoms with Crippen LogP contribution in [0, 0.1) is 5.92 Å². The van der Waals surface area contributed by atoms with E-state index in [9.17, 15) is 9.59 Å². The van der Waals surface area contributed by atoms with Crippen LogP contribution in [0.2, 0.25) is 10.0 Å². The van der Waals surface area contributed by atoms with Crippen LogP contribution in [-0.2, 0) is 4.79 Å². The van der Waals surface area contributed by atoms with Crippen molar-refractivity contribution in [2.75, 3.05) is 11.1 Å². The summed E-state index contributed by atoms with van der Waals surface area (Å²) in [5, 5.41) is 3.88. The van der Waals surface area contributed by atoms with Crippen molar-refractivity contribution in [2.45, 2.75) is 37.0 Å². The second-order valence-electron chi connectivity index (χ2n) is 6.68. The molecule has 1 N–H and O–H groups in total. The molecule has 1 fully saturated rings. The number of thioether (sulfide) groups is 1. The van der Waals surface area contributed by atoms with E-state index < -0.39 is 0 Å². The third-order valence-corrected chi connectivity index (χ3v) is 6.26. The van der Waals surface area contributed by atoms with E-state index in [0.29, 0.717) is 15.6 Å².